The molecular weight excluding hydrogens is 368 g/mol. The van der Waals surface area contributed by atoms with Gasteiger partial charge in [-0.1, -0.05) is 30.3 Å². The first-order valence-corrected chi connectivity index (χ1v) is 10.1. The van der Waals surface area contributed by atoms with Crippen LogP contribution in [0.2, 0.25) is 0 Å². The number of piperidine rings is 1. The largest absolute Gasteiger partial charge is 0.450 e. The smallest absolute Gasteiger partial charge is 0.409 e. The van der Waals surface area contributed by atoms with E-state index in [1.165, 1.54) is 5.56 Å². The van der Waals surface area contributed by atoms with Gasteiger partial charge < -0.3 is 20.3 Å². The number of benzene rings is 1. The van der Waals surface area contributed by atoms with Crippen LogP contribution < -0.4 is 10.6 Å². The lowest BCUT2D eigenvalue weighted by molar-refractivity contribution is 0.0946. The van der Waals surface area contributed by atoms with E-state index < -0.39 is 0 Å². The standard InChI is InChI=1S/C22H28N4O3/c1-2-29-22(28)26-14-10-18(11-15-26)25-19-9-13-23-20(16-19)21(27)24-12-8-17-6-4-3-5-7-17/h3-7,9,13,16,18H,2,8,10-12,14-15H2,1H3,(H,23,25)(H,24,27). The molecule has 2 amide bonds. The SMILES string of the molecule is CCOC(=O)N1CCC(Nc2ccnc(C(=O)NCCc3ccccc3)c2)CC1. The van der Waals surface area contributed by atoms with Crippen LogP contribution in [0, 0.1) is 0 Å². The minimum Gasteiger partial charge on any atom is -0.450 e. The van der Waals surface area contributed by atoms with Crippen molar-refractivity contribution < 1.29 is 14.3 Å². The molecule has 0 atom stereocenters. The average Bonchev–Trinajstić information content (AvgIpc) is 2.75. The van der Waals surface area contributed by atoms with Crippen molar-refractivity contribution in [2.24, 2.45) is 0 Å². The Morgan fingerprint density at radius 2 is 1.93 bits per heavy atom. The lowest BCUT2D eigenvalue weighted by Gasteiger charge is -2.32. The maximum absolute atomic E-state index is 12.4. The summed E-state index contributed by atoms with van der Waals surface area (Å²) in [6.07, 6.45) is 3.84. The van der Waals surface area contributed by atoms with Crippen LogP contribution in [0.4, 0.5) is 10.5 Å². The lowest BCUT2D eigenvalue weighted by atomic mass is 10.1. The van der Waals surface area contributed by atoms with E-state index in [2.05, 4.69) is 15.6 Å². The zero-order valence-electron chi connectivity index (χ0n) is 16.8. The highest BCUT2D eigenvalue weighted by Gasteiger charge is 2.23. The predicted molar refractivity (Wildman–Crippen MR) is 112 cm³/mol. The molecule has 1 aliphatic heterocycles. The molecule has 0 aliphatic carbocycles. The quantitative estimate of drug-likeness (QED) is 0.751. The van der Waals surface area contributed by atoms with Gasteiger partial charge in [-0.3, -0.25) is 9.78 Å². The Kier molecular flexibility index (Phi) is 7.44. The molecule has 1 aromatic carbocycles. The summed E-state index contributed by atoms with van der Waals surface area (Å²) in [7, 11) is 0. The monoisotopic (exact) mass is 396 g/mol. The molecule has 3 rings (SSSR count). The van der Waals surface area contributed by atoms with E-state index in [0.717, 1.165) is 24.9 Å². The van der Waals surface area contributed by atoms with Crippen molar-refractivity contribution in [2.45, 2.75) is 32.2 Å². The summed E-state index contributed by atoms with van der Waals surface area (Å²) in [5.74, 6) is -0.179. The maximum Gasteiger partial charge on any atom is 0.409 e. The number of aromatic nitrogens is 1. The van der Waals surface area contributed by atoms with E-state index in [0.29, 0.717) is 31.9 Å². The molecule has 154 valence electrons. The third-order valence-electron chi connectivity index (χ3n) is 4.93. The van der Waals surface area contributed by atoms with Gasteiger partial charge in [0.15, 0.2) is 0 Å². The zero-order chi connectivity index (χ0) is 20.5. The Labute approximate surface area is 171 Å². The highest BCUT2D eigenvalue weighted by molar-refractivity contribution is 5.93. The summed E-state index contributed by atoms with van der Waals surface area (Å²) >= 11 is 0. The average molecular weight is 396 g/mol. The molecule has 1 aliphatic rings. The number of rotatable bonds is 7. The molecule has 29 heavy (non-hydrogen) atoms. The van der Waals surface area contributed by atoms with E-state index >= 15 is 0 Å². The highest BCUT2D eigenvalue weighted by Crippen LogP contribution is 2.17. The first kappa shape index (κ1) is 20.6. The molecule has 1 aromatic heterocycles. The van der Waals surface area contributed by atoms with Crippen LogP contribution in [-0.2, 0) is 11.2 Å². The number of ether oxygens (including phenoxy) is 1. The van der Waals surface area contributed by atoms with Gasteiger partial charge in [-0.2, -0.15) is 0 Å². The van der Waals surface area contributed by atoms with Crippen molar-refractivity contribution in [1.29, 1.82) is 0 Å². The van der Waals surface area contributed by atoms with Crippen LogP contribution >= 0.6 is 0 Å². The van der Waals surface area contributed by atoms with Crippen molar-refractivity contribution in [2.75, 3.05) is 31.6 Å². The summed E-state index contributed by atoms with van der Waals surface area (Å²) in [5.41, 5.74) is 2.44. The molecule has 0 unspecified atom stereocenters. The maximum atomic E-state index is 12.4. The fraction of sp³-hybridized carbons (Fsp3) is 0.409. The first-order valence-electron chi connectivity index (χ1n) is 10.1. The van der Waals surface area contributed by atoms with Gasteiger partial charge in [0.05, 0.1) is 6.61 Å². The topological polar surface area (TPSA) is 83.6 Å². The molecule has 1 saturated heterocycles. The Hall–Kier alpha value is -3.09. The second-order valence-corrected chi connectivity index (χ2v) is 7.03. The van der Waals surface area contributed by atoms with Crippen molar-refractivity contribution in [3.63, 3.8) is 0 Å². The Morgan fingerprint density at radius 3 is 2.66 bits per heavy atom. The number of hydrogen-bond donors (Lipinski definition) is 2. The molecule has 1 fully saturated rings. The first-order chi connectivity index (χ1) is 14.2. The Bertz CT molecular complexity index is 805. The number of carbonyl (C=O) groups excluding carboxylic acids is 2. The number of likely N-dealkylation sites (tertiary alicyclic amines) is 1. The van der Waals surface area contributed by atoms with Gasteiger partial charge in [-0.05, 0) is 43.9 Å². The van der Waals surface area contributed by atoms with E-state index in [1.54, 1.807) is 17.2 Å². The number of hydrogen-bond acceptors (Lipinski definition) is 5. The summed E-state index contributed by atoms with van der Waals surface area (Å²) in [5, 5.41) is 6.37. The molecule has 2 aromatic rings. The van der Waals surface area contributed by atoms with Crippen LogP contribution in [0.5, 0.6) is 0 Å². The third kappa shape index (κ3) is 6.20. The molecule has 0 bridgehead atoms. The van der Waals surface area contributed by atoms with Gasteiger partial charge >= 0.3 is 6.09 Å². The number of amides is 2. The Morgan fingerprint density at radius 1 is 1.17 bits per heavy atom. The minimum atomic E-state index is -0.246. The van der Waals surface area contributed by atoms with Crippen molar-refractivity contribution in [1.82, 2.24) is 15.2 Å². The van der Waals surface area contributed by atoms with Gasteiger partial charge in [-0.15, -0.1) is 0 Å². The molecule has 0 radical (unpaired) electrons. The number of pyridine rings is 1. The van der Waals surface area contributed by atoms with Crippen molar-refractivity contribution in [3.8, 4) is 0 Å². The summed E-state index contributed by atoms with van der Waals surface area (Å²) in [4.78, 5) is 30.1. The molecular formula is C22H28N4O3. The molecule has 0 saturated carbocycles. The normalized spacial score (nSPS) is 14.3. The van der Waals surface area contributed by atoms with Gasteiger partial charge in [0.25, 0.3) is 5.91 Å². The van der Waals surface area contributed by atoms with Gasteiger partial charge in [0.1, 0.15) is 5.69 Å². The summed E-state index contributed by atoms with van der Waals surface area (Å²) in [6.45, 7) is 4.09. The van der Waals surface area contributed by atoms with E-state index in [9.17, 15) is 9.59 Å². The third-order valence-corrected chi connectivity index (χ3v) is 4.93. The summed E-state index contributed by atoms with van der Waals surface area (Å²) in [6, 6.07) is 13.9. The van der Waals surface area contributed by atoms with Gasteiger partial charge in [0, 0.05) is 37.6 Å². The second-order valence-electron chi connectivity index (χ2n) is 7.03. The van der Waals surface area contributed by atoms with Gasteiger partial charge in [0.2, 0.25) is 0 Å². The number of nitrogens with zero attached hydrogens (tertiary/aromatic N) is 2. The lowest BCUT2D eigenvalue weighted by Crippen LogP contribution is -2.42. The van der Waals surface area contributed by atoms with Crippen LogP contribution in [0.25, 0.3) is 0 Å². The van der Waals surface area contributed by atoms with Crippen LogP contribution in [-0.4, -0.2) is 54.2 Å². The van der Waals surface area contributed by atoms with Crippen LogP contribution in [0.3, 0.4) is 0 Å². The van der Waals surface area contributed by atoms with Crippen LogP contribution in [0.15, 0.2) is 48.7 Å². The number of nitrogens with one attached hydrogen (secondary N) is 2. The molecule has 2 N–H and O–H groups in total. The molecule has 0 spiro atoms. The van der Waals surface area contributed by atoms with E-state index in [4.69, 9.17) is 4.74 Å². The van der Waals surface area contributed by atoms with Crippen molar-refractivity contribution >= 4 is 17.7 Å². The zero-order valence-corrected chi connectivity index (χ0v) is 16.8. The molecule has 7 heteroatoms. The number of carbonyl (C=O) groups is 2. The predicted octanol–water partition coefficient (Wildman–Crippen LogP) is 3.09. The number of anilines is 1. The van der Waals surface area contributed by atoms with Gasteiger partial charge in [-0.25, -0.2) is 4.79 Å². The van der Waals surface area contributed by atoms with E-state index in [-0.39, 0.29) is 18.0 Å². The summed E-state index contributed by atoms with van der Waals surface area (Å²) < 4.78 is 5.05. The van der Waals surface area contributed by atoms with Crippen molar-refractivity contribution in [3.05, 3.63) is 59.9 Å². The molecule has 7 nitrogen and oxygen atoms in total. The highest BCUT2D eigenvalue weighted by atomic mass is 16.6. The van der Waals surface area contributed by atoms with E-state index in [1.807, 2.05) is 43.3 Å². The second kappa shape index (κ2) is 10.5. The Balaban J connectivity index is 1.47. The fourth-order valence-electron chi connectivity index (χ4n) is 3.36. The van der Waals surface area contributed by atoms with Crippen LogP contribution in [0.1, 0.15) is 35.8 Å². The molecule has 2 heterocycles. The fourth-order valence-corrected chi connectivity index (χ4v) is 3.36. The minimum absolute atomic E-state index is 0.179.